The average Bonchev–Trinajstić information content (AvgIpc) is 3.62. The zero-order valence-electron chi connectivity index (χ0n) is 17.3. The molecule has 4 rings (SSSR count). The number of halogens is 3. The molecule has 0 aliphatic heterocycles. The van der Waals surface area contributed by atoms with Crippen LogP contribution < -0.4 is 15.0 Å². The summed E-state index contributed by atoms with van der Waals surface area (Å²) in [7, 11) is 1.49. The minimum absolute atomic E-state index is 0.169. The lowest BCUT2D eigenvalue weighted by Gasteiger charge is -2.15. The maximum Gasteiger partial charge on any atom is 0.416 e. The number of methoxy groups -OCH3 is 1. The molecule has 1 atom stereocenters. The Kier molecular flexibility index (Phi) is 5.97. The van der Waals surface area contributed by atoms with Crippen molar-refractivity contribution in [2.24, 2.45) is 5.92 Å². The van der Waals surface area contributed by atoms with Crippen LogP contribution in [0, 0.1) is 5.92 Å². The molecule has 0 unspecified atom stereocenters. The summed E-state index contributed by atoms with van der Waals surface area (Å²) in [6, 6.07) is 12.7. The average molecular weight is 445 g/mol. The van der Waals surface area contributed by atoms with Gasteiger partial charge in [0.15, 0.2) is 11.5 Å². The van der Waals surface area contributed by atoms with Crippen LogP contribution in [0.1, 0.15) is 18.4 Å². The number of aromatic nitrogens is 1. The van der Waals surface area contributed by atoms with Gasteiger partial charge in [-0.2, -0.15) is 13.2 Å². The van der Waals surface area contributed by atoms with Crippen molar-refractivity contribution in [1.29, 1.82) is 0 Å². The highest BCUT2D eigenvalue weighted by Crippen LogP contribution is 2.35. The van der Waals surface area contributed by atoms with E-state index in [0.717, 1.165) is 25.0 Å². The zero-order chi connectivity index (χ0) is 22.9. The summed E-state index contributed by atoms with van der Waals surface area (Å²) in [5.41, 5.74) is 0.482. The molecule has 3 aromatic rings. The van der Waals surface area contributed by atoms with Crippen molar-refractivity contribution in [2.75, 3.05) is 13.7 Å². The van der Waals surface area contributed by atoms with Gasteiger partial charge in [-0.1, -0.05) is 12.1 Å². The molecule has 1 saturated carbocycles. The number of aliphatic hydroxyl groups excluding tert-OH is 1. The fraction of sp³-hybridized carbons (Fsp3) is 0.292. The Balaban J connectivity index is 1.55. The van der Waals surface area contributed by atoms with Gasteiger partial charge in [0.1, 0.15) is 6.61 Å². The fourth-order valence-corrected chi connectivity index (χ4v) is 3.44. The maximum absolute atomic E-state index is 12.8. The summed E-state index contributed by atoms with van der Waals surface area (Å²) >= 11 is 0. The van der Waals surface area contributed by atoms with E-state index in [2.05, 4.69) is 0 Å². The number of aliphatic hydroxyl groups is 1. The third kappa shape index (κ3) is 4.80. The van der Waals surface area contributed by atoms with E-state index in [1.165, 1.54) is 29.9 Å². The smallest absolute Gasteiger partial charge is 0.416 e. The Labute approximate surface area is 182 Å². The van der Waals surface area contributed by atoms with Gasteiger partial charge in [-0.05, 0) is 60.2 Å². The van der Waals surface area contributed by atoms with Gasteiger partial charge < -0.3 is 14.6 Å². The predicted molar refractivity (Wildman–Crippen MR) is 113 cm³/mol. The number of hydrogen-bond donors (Lipinski definition) is 1. The lowest BCUT2D eigenvalue weighted by Crippen LogP contribution is -2.20. The molecule has 0 amide bonds. The molecule has 0 bridgehead atoms. The van der Waals surface area contributed by atoms with Gasteiger partial charge in [0.2, 0.25) is 0 Å². The molecule has 1 fully saturated rings. The lowest BCUT2D eigenvalue weighted by atomic mass is 10.0. The first kappa shape index (κ1) is 22.0. The molecule has 1 aromatic heterocycles. The molecule has 5 nitrogen and oxygen atoms in total. The first-order valence-corrected chi connectivity index (χ1v) is 10.2. The van der Waals surface area contributed by atoms with Gasteiger partial charge in [0.05, 0.1) is 24.5 Å². The molecular formula is C24H22F3NO4. The zero-order valence-corrected chi connectivity index (χ0v) is 17.3. The van der Waals surface area contributed by atoms with E-state index < -0.39 is 17.8 Å². The van der Waals surface area contributed by atoms with Crippen molar-refractivity contribution < 1.29 is 27.8 Å². The van der Waals surface area contributed by atoms with Gasteiger partial charge in [0.25, 0.3) is 5.56 Å². The summed E-state index contributed by atoms with van der Waals surface area (Å²) in [5.74, 6) is 1.18. The minimum atomic E-state index is -4.41. The molecule has 1 aliphatic rings. The SMILES string of the molecule is COc1cc(-n2ccc(-c3ccc(C(F)(F)F)cc3)cc2=O)ccc1OC[C@H](O)C1CC1. The van der Waals surface area contributed by atoms with Crippen molar-refractivity contribution in [3.63, 3.8) is 0 Å². The third-order valence-electron chi connectivity index (χ3n) is 5.47. The Morgan fingerprint density at radius 3 is 2.34 bits per heavy atom. The van der Waals surface area contributed by atoms with Crippen LogP contribution in [0.2, 0.25) is 0 Å². The highest BCUT2D eigenvalue weighted by atomic mass is 19.4. The number of pyridine rings is 1. The number of ether oxygens (including phenoxy) is 2. The summed E-state index contributed by atoms with van der Waals surface area (Å²) in [4.78, 5) is 12.7. The topological polar surface area (TPSA) is 60.7 Å². The van der Waals surface area contributed by atoms with Gasteiger partial charge in [0, 0.05) is 18.3 Å². The van der Waals surface area contributed by atoms with Crippen molar-refractivity contribution in [3.05, 3.63) is 76.7 Å². The van der Waals surface area contributed by atoms with Crippen molar-refractivity contribution in [1.82, 2.24) is 4.57 Å². The molecule has 1 N–H and O–H groups in total. The van der Waals surface area contributed by atoms with E-state index in [1.807, 2.05) is 0 Å². The van der Waals surface area contributed by atoms with E-state index in [4.69, 9.17) is 9.47 Å². The van der Waals surface area contributed by atoms with E-state index in [0.29, 0.717) is 34.2 Å². The van der Waals surface area contributed by atoms with Crippen LogP contribution in [0.3, 0.4) is 0 Å². The van der Waals surface area contributed by atoms with Crippen molar-refractivity contribution >= 4 is 0 Å². The van der Waals surface area contributed by atoms with Crippen LogP contribution in [0.15, 0.2) is 65.6 Å². The number of rotatable bonds is 7. The van der Waals surface area contributed by atoms with E-state index >= 15 is 0 Å². The van der Waals surface area contributed by atoms with Crippen LogP contribution >= 0.6 is 0 Å². The lowest BCUT2D eigenvalue weighted by molar-refractivity contribution is -0.137. The predicted octanol–water partition coefficient (Wildman–Crippen LogP) is 4.68. The standard InChI is InChI=1S/C24H22F3NO4/c1-31-22-13-19(8-9-21(22)32-14-20(29)16-2-3-16)28-11-10-17(12-23(28)30)15-4-6-18(7-5-15)24(25,26)27/h4-13,16,20,29H,2-3,14H2,1H3/t20-/m0/s1. The summed E-state index contributed by atoms with van der Waals surface area (Å²) in [6.45, 7) is 0.169. The quantitative estimate of drug-likeness (QED) is 0.574. The molecule has 32 heavy (non-hydrogen) atoms. The van der Waals surface area contributed by atoms with Gasteiger partial charge in [-0.3, -0.25) is 9.36 Å². The molecule has 8 heteroatoms. The first-order chi connectivity index (χ1) is 15.3. The van der Waals surface area contributed by atoms with Crippen molar-refractivity contribution in [2.45, 2.75) is 25.1 Å². The molecule has 1 heterocycles. The highest BCUT2D eigenvalue weighted by molar-refractivity contribution is 5.63. The fourth-order valence-electron chi connectivity index (χ4n) is 3.44. The van der Waals surface area contributed by atoms with E-state index in [-0.39, 0.29) is 12.2 Å². The summed E-state index contributed by atoms with van der Waals surface area (Å²) < 4.78 is 50.7. The Hall–Kier alpha value is -3.26. The van der Waals surface area contributed by atoms with Crippen LogP contribution in [0.4, 0.5) is 13.2 Å². The van der Waals surface area contributed by atoms with Gasteiger partial charge in [-0.25, -0.2) is 0 Å². The molecule has 168 valence electrons. The summed E-state index contributed by atoms with van der Waals surface area (Å²) in [5, 5.41) is 9.99. The first-order valence-electron chi connectivity index (χ1n) is 10.2. The molecular weight excluding hydrogens is 423 g/mol. The second-order valence-electron chi connectivity index (χ2n) is 7.75. The maximum atomic E-state index is 12.8. The van der Waals surface area contributed by atoms with Crippen LogP contribution in [0.25, 0.3) is 16.8 Å². The monoisotopic (exact) mass is 445 g/mol. The molecule has 0 radical (unpaired) electrons. The highest BCUT2D eigenvalue weighted by Gasteiger charge is 2.31. The molecule has 0 saturated heterocycles. The van der Waals surface area contributed by atoms with Crippen LogP contribution in [-0.4, -0.2) is 29.5 Å². The number of benzene rings is 2. The Bertz CT molecular complexity index is 1150. The molecule has 1 aliphatic carbocycles. The van der Waals surface area contributed by atoms with E-state index in [9.17, 15) is 23.1 Å². The number of nitrogens with zero attached hydrogens (tertiary/aromatic N) is 1. The molecule has 2 aromatic carbocycles. The Morgan fingerprint density at radius 2 is 1.75 bits per heavy atom. The van der Waals surface area contributed by atoms with Crippen molar-refractivity contribution in [3.8, 4) is 28.3 Å². The second-order valence-corrected chi connectivity index (χ2v) is 7.75. The summed E-state index contributed by atoms with van der Waals surface area (Å²) in [6.07, 6.45) is -1.36. The van der Waals surface area contributed by atoms with Gasteiger partial charge in [-0.15, -0.1) is 0 Å². The minimum Gasteiger partial charge on any atom is -0.493 e. The Morgan fingerprint density at radius 1 is 1.03 bits per heavy atom. The number of alkyl halides is 3. The normalized spacial score (nSPS) is 14.8. The largest absolute Gasteiger partial charge is 0.493 e. The van der Waals surface area contributed by atoms with Crippen LogP contribution in [0.5, 0.6) is 11.5 Å². The van der Waals surface area contributed by atoms with Crippen LogP contribution in [-0.2, 0) is 6.18 Å². The van der Waals surface area contributed by atoms with E-state index in [1.54, 1.807) is 30.5 Å². The second kappa shape index (κ2) is 8.70. The number of hydrogen-bond acceptors (Lipinski definition) is 4. The molecule has 0 spiro atoms. The third-order valence-corrected chi connectivity index (χ3v) is 5.47. The van der Waals surface area contributed by atoms with Gasteiger partial charge >= 0.3 is 6.18 Å².